The van der Waals surface area contributed by atoms with E-state index in [0.717, 1.165) is 12.1 Å². The van der Waals surface area contributed by atoms with E-state index < -0.39 is 21.8 Å². The van der Waals surface area contributed by atoms with Gasteiger partial charge in [-0.3, -0.25) is 4.72 Å². The Labute approximate surface area is 213 Å². The van der Waals surface area contributed by atoms with E-state index in [-0.39, 0.29) is 47.2 Å². The van der Waals surface area contributed by atoms with Crippen LogP contribution in [0, 0.1) is 6.92 Å². The minimum atomic E-state index is -4.67. The molecule has 2 aromatic heterocycles. The van der Waals surface area contributed by atoms with Crippen LogP contribution in [0.15, 0.2) is 59.6 Å². The number of anilines is 2. The van der Waals surface area contributed by atoms with Gasteiger partial charge in [-0.25, -0.2) is 9.97 Å². The van der Waals surface area contributed by atoms with Crippen molar-refractivity contribution in [3.05, 3.63) is 65.7 Å². The van der Waals surface area contributed by atoms with Crippen molar-refractivity contribution in [3.8, 4) is 11.3 Å². The first-order valence-electron chi connectivity index (χ1n) is 10.8. The highest BCUT2D eigenvalue weighted by Crippen LogP contribution is 2.38. The van der Waals surface area contributed by atoms with Crippen molar-refractivity contribution in [2.24, 2.45) is 0 Å². The van der Waals surface area contributed by atoms with Gasteiger partial charge in [0.25, 0.3) is 10.0 Å². The zero-order valence-corrected chi connectivity index (χ0v) is 20.8. The second-order valence-corrected chi connectivity index (χ2v) is 9.75. The number of pyridine rings is 2. The summed E-state index contributed by atoms with van der Waals surface area (Å²) in [4.78, 5) is 10.1. The third kappa shape index (κ3) is 6.06. The Bertz CT molecular complexity index is 1320. The van der Waals surface area contributed by atoms with Gasteiger partial charge in [0.1, 0.15) is 11.6 Å². The summed E-state index contributed by atoms with van der Waals surface area (Å²) in [5.74, 6) is 0.153. The standard InChI is InChI=1S/C23H24F3N5O3S.ClH/c1-15-5-2-3-6-17(15)22-18(23(24,25)26)9-10-19(28-22)30-35(33,34)21-8-4-7-20(29-21)31-12-11-27-16(13-31)14-32;/h2-10,16,27,32H,11-14H2,1H3,(H,28,30);1H. The molecule has 1 unspecified atom stereocenters. The fourth-order valence-corrected chi connectivity index (χ4v) is 4.83. The van der Waals surface area contributed by atoms with E-state index >= 15 is 0 Å². The summed E-state index contributed by atoms with van der Waals surface area (Å²) in [5, 5.41) is 12.2. The third-order valence-electron chi connectivity index (χ3n) is 5.62. The number of sulfonamides is 1. The molecule has 0 radical (unpaired) electrons. The lowest BCUT2D eigenvalue weighted by atomic mass is 10.0. The van der Waals surface area contributed by atoms with Gasteiger partial charge in [-0.1, -0.05) is 30.3 Å². The smallest absolute Gasteiger partial charge is 0.395 e. The van der Waals surface area contributed by atoms with E-state index in [1.165, 1.54) is 18.2 Å². The molecule has 1 aliphatic rings. The minimum Gasteiger partial charge on any atom is -0.395 e. The number of rotatable bonds is 6. The molecule has 4 rings (SSSR count). The molecular formula is C23H25ClF3N5O3S. The van der Waals surface area contributed by atoms with Crippen molar-refractivity contribution < 1.29 is 26.7 Å². The van der Waals surface area contributed by atoms with Crippen LogP contribution in [0.1, 0.15) is 11.1 Å². The topological polar surface area (TPSA) is 107 Å². The van der Waals surface area contributed by atoms with Crippen LogP contribution in [0.25, 0.3) is 11.3 Å². The molecule has 8 nitrogen and oxygen atoms in total. The van der Waals surface area contributed by atoms with Gasteiger partial charge in [0.15, 0.2) is 5.03 Å². The van der Waals surface area contributed by atoms with Gasteiger partial charge in [-0.05, 0) is 36.8 Å². The largest absolute Gasteiger partial charge is 0.418 e. The number of aliphatic hydroxyl groups excluding tert-OH is 1. The average Bonchev–Trinajstić information content (AvgIpc) is 2.83. The van der Waals surface area contributed by atoms with Crippen LogP contribution in [-0.2, 0) is 16.2 Å². The maximum atomic E-state index is 13.7. The molecule has 194 valence electrons. The van der Waals surface area contributed by atoms with Gasteiger partial charge in [0, 0.05) is 31.2 Å². The van der Waals surface area contributed by atoms with Gasteiger partial charge in [0.2, 0.25) is 0 Å². The minimum absolute atomic E-state index is 0. The number of nitrogens with zero attached hydrogens (tertiary/aromatic N) is 3. The SMILES string of the molecule is Cc1ccccc1-c1nc(NS(=O)(=O)c2cccc(N3CCNC(CO)C3)n2)ccc1C(F)(F)F.Cl. The molecule has 3 N–H and O–H groups in total. The highest BCUT2D eigenvalue weighted by Gasteiger charge is 2.35. The van der Waals surface area contributed by atoms with Crippen molar-refractivity contribution in [2.75, 3.05) is 35.9 Å². The third-order valence-corrected chi connectivity index (χ3v) is 6.88. The van der Waals surface area contributed by atoms with E-state index in [9.17, 15) is 26.7 Å². The van der Waals surface area contributed by atoms with Crippen molar-refractivity contribution in [2.45, 2.75) is 24.2 Å². The normalized spacial score (nSPS) is 16.4. The van der Waals surface area contributed by atoms with Crippen LogP contribution >= 0.6 is 12.4 Å². The van der Waals surface area contributed by atoms with Crippen LogP contribution in [0.2, 0.25) is 0 Å². The lowest BCUT2D eigenvalue weighted by Gasteiger charge is -2.33. The van der Waals surface area contributed by atoms with Crippen LogP contribution < -0.4 is 14.9 Å². The number of benzene rings is 1. The number of alkyl halides is 3. The number of hydrogen-bond acceptors (Lipinski definition) is 7. The van der Waals surface area contributed by atoms with Gasteiger partial charge in [-0.15, -0.1) is 12.4 Å². The molecule has 3 aromatic rings. The Morgan fingerprint density at radius 2 is 1.86 bits per heavy atom. The predicted octanol–water partition coefficient (Wildman–Crippen LogP) is 3.46. The second kappa shape index (κ2) is 11.0. The highest BCUT2D eigenvalue weighted by molar-refractivity contribution is 7.92. The molecule has 1 saturated heterocycles. The number of halogens is 4. The van der Waals surface area contributed by atoms with Gasteiger partial charge >= 0.3 is 6.18 Å². The molecule has 36 heavy (non-hydrogen) atoms. The second-order valence-electron chi connectivity index (χ2n) is 8.12. The van der Waals surface area contributed by atoms with Crippen LogP contribution in [0.5, 0.6) is 0 Å². The monoisotopic (exact) mass is 543 g/mol. The van der Waals surface area contributed by atoms with E-state index in [2.05, 4.69) is 20.0 Å². The Balaban J connectivity index is 0.00000361. The fourth-order valence-electron chi connectivity index (χ4n) is 3.86. The molecule has 1 fully saturated rings. The molecule has 0 spiro atoms. The van der Waals surface area contributed by atoms with E-state index in [0.29, 0.717) is 31.0 Å². The van der Waals surface area contributed by atoms with E-state index in [1.807, 2.05) is 4.90 Å². The molecule has 3 heterocycles. The molecular weight excluding hydrogens is 519 g/mol. The van der Waals surface area contributed by atoms with Crippen molar-refractivity contribution in [3.63, 3.8) is 0 Å². The van der Waals surface area contributed by atoms with Gasteiger partial charge < -0.3 is 15.3 Å². The fraction of sp³-hybridized carbons (Fsp3) is 0.304. The zero-order chi connectivity index (χ0) is 25.2. The number of hydrogen-bond donors (Lipinski definition) is 3. The molecule has 0 saturated carbocycles. The lowest BCUT2D eigenvalue weighted by molar-refractivity contribution is -0.137. The number of piperazine rings is 1. The summed E-state index contributed by atoms with van der Waals surface area (Å²) in [5.41, 5.74) is -0.518. The summed E-state index contributed by atoms with van der Waals surface area (Å²) < 4.78 is 69.3. The Kier molecular flexibility index (Phi) is 8.44. The van der Waals surface area contributed by atoms with E-state index in [1.54, 1.807) is 31.2 Å². The maximum Gasteiger partial charge on any atom is 0.418 e. The zero-order valence-electron chi connectivity index (χ0n) is 19.2. The van der Waals surface area contributed by atoms with Gasteiger partial charge in [-0.2, -0.15) is 21.6 Å². The molecule has 13 heteroatoms. The summed E-state index contributed by atoms with van der Waals surface area (Å²) in [6, 6.07) is 12.6. The molecule has 1 aliphatic heterocycles. The first kappa shape index (κ1) is 27.7. The maximum absolute atomic E-state index is 13.7. The van der Waals surface area contributed by atoms with Crippen LogP contribution in [0.4, 0.5) is 24.8 Å². The number of nitrogens with one attached hydrogen (secondary N) is 2. The summed E-state index contributed by atoms with van der Waals surface area (Å²) >= 11 is 0. The number of aryl methyl sites for hydroxylation is 1. The summed E-state index contributed by atoms with van der Waals surface area (Å²) in [6.07, 6.45) is -4.67. The van der Waals surface area contributed by atoms with Crippen molar-refractivity contribution >= 4 is 34.1 Å². The van der Waals surface area contributed by atoms with Crippen molar-refractivity contribution in [1.29, 1.82) is 0 Å². The summed E-state index contributed by atoms with van der Waals surface area (Å²) in [6.45, 7) is 3.19. The lowest BCUT2D eigenvalue weighted by Crippen LogP contribution is -2.52. The Morgan fingerprint density at radius 1 is 1.11 bits per heavy atom. The molecule has 1 aromatic carbocycles. The summed E-state index contributed by atoms with van der Waals surface area (Å²) in [7, 11) is -4.25. The molecule has 0 bridgehead atoms. The number of aliphatic hydroxyl groups is 1. The van der Waals surface area contributed by atoms with Crippen LogP contribution in [0.3, 0.4) is 0 Å². The first-order valence-corrected chi connectivity index (χ1v) is 12.3. The Hall–Kier alpha value is -2.93. The molecule has 0 amide bonds. The molecule has 0 aliphatic carbocycles. The average molecular weight is 544 g/mol. The molecule has 1 atom stereocenters. The number of aromatic nitrogens is 2. The Morgan fingerprint density at radius 3 is 2.56 bits per heavy atom. The van der Waals surface area contributed by atoms with Crippen LogP contribution in [-0.4, -0.2) is 55.8 Å². The highest BCUT2D eigenvalue weighted by atomic mass is 35.5. The van der Waals surface area contributed by atoms with Gasteiger partial charge in [0.05, 0.1) is 17.9 Å². The predicted molar refractivity (Wildman–Crippen MR) is 133 cm³/mol. The van der Waals surface area contributed by atoms with E-state index in [4.69, 9.17) is 0 Å². The van der Waals surface area contributed by atoms with Crippen molar-refractivity contribution in [1.82, 2.24) is 15.3 Å². The first-order chi connectivity index (χ1) is 16.6. The quantitative estimate of drug-likeness (QED) is 0.437.